The molecule has 2 heterocycles. The number of hydrogen-bond donors (Lipinski definition) is 2. The van der Waals surface area contributed by atoms with Crippen molar-refractivity contribution in [1.29, 1.82) is 0 Å². The number of ether oxygens (including phenoxy) is 1. The van der Waals surface area contributed by atoms with Crippen molar-refractivity contribution in [3.05, 3.63) is 33.7 Å². The molecule has 24 heavy (non-hydrogen) atoms. The number of likely N-dealkylation sites (tertiary alicyclic amines) is 1. The first-order chi connectivity index (χ1) is 11.6. The lowest BCUT2D eigenvalue weighted by Crippen LogP contribution is -3.12. The second-order valence-corrected chi connectivity index (χ2v) is 7.88. The Hall–Kier alpha value is -1.44. The zero-order chi connectivity index (χ0) is 17.1. The molecule has 1 aliphatic rings. The van der Waals surface area contributed by atoms with Gasteiger partial charge in [0.2, 0.25) is 5.91 Å². The number of quaternary nitrogens is 1. The van der Waals surface area contributed by atoms with Crippen LogP contribution in [0.15, 0.2) is 28.1 Å². The summed E-state index contributed by atoms with van der Waals surface area (Å²) in [6, 6.07) is 5.92. The minimum Gasteiger partial charge on any atom is -0.496 e. The average Bonchev–Trinajstić information content (AvgIpc) is 3.03. The second-order valence-electron chi connectivity index (χ2n) is 6.11. The van der Waals surface area contributed by atoms with Crippen LogP contribution in [0.5, 0.6) is 5.75 Å². The molecule has 0 radical (unpaired) electrons. The standard InChI is InChI=1S/C17H20BrN3O2S/c1-23-15-5-4-12(18)7-14(15)17-20-13(10-24-17)9-21-6-2-3-11(8-21)16(19)22/h4-5,7,10-11H,2-3,6,8-9H2,1H3,(H2,19,22)/p+1/t11-/m1/s1. The molecule has 0 bridgehead atoms. The summed E-state index contributed by atoms with van der Waals surface area (Å²) in [5.74, 6) is 0.639. The van der Waals surface area contributed by atoms with Crippen molar-refractivity contribution < 1.29 is 14.4 Å². The lowest BCUT2D eigenvalue weighted by molar-refractivity contribution is -0.921. The highest BCUT2D eigenvalue weighted by atomic mass is 79.9. The fourth-order valence-electron chi connectivity index (χ4n) is 3.17. The topological polar surface area (TPSA) is 69.7 Å². The number of benzene rings is 1. The molecule has 7 heteroatoms. The smallest absolute Gasteiger partial charge is 0.226 e. The molecule has 1 unspecified atom stereocenters. The van der Waals surface area contributed by atoms with E-state index in [0.29, 0.717) is 0 Å². The first kappa shape index (κ1) is 17.4. The minimum absolute atomic E-state index is 0.00275. The van der Waals surface area contributed by atoms with E-state index in [9.17, 15) is 4.79 Å². The molecule has 1 aromatic heterocycles. The summed E-state index contributed by atoms with van der Waals surface area (Å²) >= 11 is 5.12. The Morgan fingerprint density at radius 1 is 1.54 bits per heavy atom. The molecule has 1 aromatic carbocycles. The molecule has 128 valence electrons. The van der Waals surface area contributed by atoms with Gasteiger partial charge in [0, 0.05) is 9.85 Å². The maximum absolute atomic E-state index is 11.4. The Balaban J connectivity index is 1.74. The number of hydrogen-bond acceptors (Lipinski definition) is 4. The van der Waals surface area contributed by atoms with Crippen molar-refractivity contribution in [2.45, 2.75) is 19.4 Å². The third-order valence-electron chi connectivity index (χ3n) is 4.40. The Morgan fingerprint density at radius 2 is 2.38 bits per heavy atom. The number of halogens is 1. The highest BCUT2D eigenvalue weighted by molar-refractivity contribution is 9.10. The number of methoxy groups -OCH3 is 1. The molecule has 1 saturated heterocycles. The Kier molecular flexibility index (Phi) is 5.53. The van der Waals surface area contributed by atoms with Crippen molar-refractivity contribution >= 4 is 33.2 Å². The number of nitrogens with two attached hydrogens (primary N) is 1. The molecule has 0 aliphatic carbocycles. The van der Waals surface area contributed by atoms with Crippen LogP contribution < -0.4 is 15.4 Å². The van der Waals surface area contributed by atoms with Gasteiger partial charge in [-0.3, -0.25) is 4.79 Å². The van der Waals surface area contributed by atoms with Crippen LogP contribution >= 0.6 is 27.3 Å². The molecular formula is C17H21BrN3O2S+. The van der Waals surface area contributed by atoms with Crippen LogP contribution in [0, 0.1) is 5.92 Å². The number of carbonyl (C=O) groups is 1. The van der Waals surface area contributed by atoms with Crippen LogP contribution in [0.25, 0.3) is 10.6 Å². The average molecular weight is 411 g/mol. The van der Waals surface area contributed by atoms with E-state index in [2.05, 4.69) is 21.3 Å². The normalized spacial score (nSPS) is 20.8. The zero-order valence-electron chi connectivity index (χ0n) is 13.5. The second kappa shape index (κ2) is 7.63. The van der Waals surface area contributed by atoms with Gasteiger partial charge in [-0.1, -0.05) is 15.9 Å². The minimum atomic E-state index is -0.176. The van der Waals surface area contributed by atoms with E-state index in [0.717, 1.165) is 59.0 Å². The number of carbonyl (C=O) groups excluding carboxylic acids is 1. The van der Waals surface area contributed by atoms with Gasteiger partial charge in [0.15, 0.2) is 0 Å². The Morgan fingerprint density at radius 3 is 3.12 bits per heavy atom. The number of thiazole rings is 1. The summed E-state index contributed by atoms with van der Waals surface area (Å²) in [6.07, 6.45) is 1.95. The third-order valence-corrected chi connectivity index (χ3v) is 5.81. The van der Waals surface area contributed by atoms with E-state index in [4.69, 9.17) is 15.5 Å². The van der Waals surface area contributed by atoms with Crippen LogP contribution in [0.1, 0.15) is 18.5 Å². The van der Waals surface area contributed by atoms with Gasteiger partial charge in [0.25, 0.3) is 0 Å². The first-order valence-corrected chi connectivity index (χ1v) is 9.65. The van der Waals surface area contributed by atoms with Crippen molar-refractivity contribution in [2.75, 3.05) is 20.2 Å². The van der Waals surface area contributed by atoms with Crippen molar-refractivity contribution in [2.24, 2.45) is 11.7 Å². The molecule has 3 N–H and O–H groups in total. The third kappa shape index (κ3) is 3.96. The van der Waals surface area contributed by atoms with E-state index in [1.165, 1.54) is 4.90 Å². The monoisotopic (exact) mass is 410 g/mol. The molecule has 5 nitrogen and oxygen atoms in total. The van der Waals surface area contributed by atoms with Crippen LogP contribution in [0.3, 0.4) is 0 Å². The van der Waals surface area contributed by atoms with E-state index in [1.54, 1.807) is 18.4 Å². The Bertz CT molecular complexity index is 734. The van der Waals surface area contributed by atoms with E-state index in [-0.39, 0.29) is 11.8 Å². The first-order valence-electron chi connectivity index (χ1n) is 7.98. The molecule has 1 aliphatic heterocycles. The number of nitrogens with zero attached hydrogens (tertiary/aromatic N) is 1. The molecule has 0 spiro atoms. The number of piperidine rings is 1. The molecule has 1 fully saturated rings. The van der Waals surface area contributed by atoms with E-state index in [1.807, 2.05) is 18.2 Å². The molecule has 2 aromatic rings. The summed E-state index contributed by atoms with van der Waals surface area (Å²) in [6.45, 7) is 2.70. The van der Waals surface area contributed by atoms with Gasteiger partial charge in [0.05, 0.1) is 31.7 Å². The number of nitrogens with one attached hydrogen (secondary N) is 1. The zero-order valence-corrected chi connectivity index (χ0v) is 16.0. The number of primary amides is 1. The van der Waals surface area contributed by atoms with Gasteiger partial charge < -0.3 is 15.4 Å². The molecular weight excluding hydrogens is 390 g/mol. The summed E-state index contributed by atoms with van der Waals surface area (Å²) in [5, 5.41) is 3.04. The summed E-state index contributed by atoms with van der Waals surface area (Å²) in [5.41, 5.74) is 7.51. The van der Waals surface area contributed by atoms with E-state index >= 15 is 0 Å². The van der Waals surface area contributed by atoms with Gasteiger partial charge in [-0.15, -0.1) is 11.3 Å². The highest BCUT2D eigenvalue weighted by Crippen LogP contribution is 2.34. The van der Waals surface area contributed by atoms with Gasteiger partial charge >= 0.3 is 0 Å². The van der Waals surface area contributed by atoms with Gasteiger partial charge in [0.1, 0.15) is 23.0 Å². The summed E-state index contributed by atoms with van der Waals surface area (Å²) in [7, 11) is 1.67. The van der Waals surface area contributed by atoms with Gasteiger partial charge in [-0.05, 0) is 31.0 Å². The predicted octanol–water partition coefficient (Wildman–Crippen LogP) is 1.86. The Labute approximate surface area is 154 Å². The SMILES string of the molecule is COc1ccc(Br)cc1-c1nc(C[NH+]2CCC[C@@H](C(N)=O)C2)cs1. The van der Waals surface area contributed by atoms with Crippen molar-refractivity contribution in [3.63, 3.8) is 0 Å². The number of amides is 1. The van der Waals surface area contributed by atoms with Gasteiger partial charge in [-0.2, -0.15) is 0 Å². The van der Waals surface area contributed by atoms with Crippen LogP contribution in [-0.4, -0.2) is 31.1 Å². The summed E-state index contributed by atoms with van der Waals surface area (Å²) in [4.78, 5) is 17.6. The van der Waals surface area contributed by atoms with E-state index < -0.39 is 0 Å². The van der Waals surface area contributed by atoms with Crippen LogP contribution in [-0.2, 0) is 11.3 Å². The van der Waals surface area contributed by atoms with Gasteiger partial charge in [-0.25, -0.2) is 4.98 Å². The maximum atomic E-state index is 11.4. The molecule has 1 amide bonds. The van der Waals surface area contributed by atoms with Crippen LogP contribution in [0.2, 0.25) is 0 Å². The summed E-state index contributed by atoms with van der Waals surface area (Å²) < 4.78 is 6.44. The number of rotatable bonds is 5. The van der Waals surface area contributed by atoms with Crippen LogP contribution in [0.4, 0.5) is 0 Å². The molecule has 3 rings (SSSR count). The molecule has 2 atom stereocenters. The van der Waals surface area contributed by atoms with Crippen molar-refractivity contribution in [1.82, 2.24) is 4.98 Å². The lowest BCUT2D eigenvalue weighted by Gasteiger charge is -2.27. The maximum Gasteiger partial charge on any atom is 0.226 e. The fraction of sp³-hybridized carbons (Fsp3) is 0.412. The largest absolute Gasteiger partial charge is 0.496 e. The highest BCUT2D eigenvalue weighted by Gasteiger charge is 2.27. The molecule has 0 saturated carbocycles. The quantitative estimate of drug-likeness (QED) is 0.789. The lowest BCUT2D eigenvalue weighted by atomic mass is 9.97. The predicted molar refractivity (Wildman–Crippen MR) is 98.1 cm³/mol. The fourth-order valence-corrected chi connectivity index (χ4v) is 4.37. The van der Waals surface area contributed by atoms with Crippen molar-refractivity contribution in [3.8, 4) is 16.3 Å². The number of aromatic nitrogens is 1.